The van der Waals surface area contributed by atoms with Crippen LogP contribution in [0, 0.1) is 20.8 Å². The number of rotatable bonds is 4. The predicted molar refractivity (Wildman–Crippen MR) is 99.9 cm³/mol. The second kappa shape index (κ2) is 7.14. The number of aryl methyl sites for hydroxylation is 3. The highest BCUT2D eigenvalue weighted by molar-refractivity contribution is 5.94. The lowest BCUT2D eigenvalue weighted by Crippen LogP contribution is -2.27. The van der Waals surface area contributed by atoms with E-state index in [1.165, 1.54) is 0 Å². The lowest BCUT2D eigenvalue weighted by atomic mass is 10.1. The number of alkyl halides is 3. The van der Waals surface area contributed by atoms with Crippen LogP contribution in [0.15, 0.2) is 24.3 Å². The molecule has 0 radical (unpaired) electrons. The number of nitrogen functional groups attached to an aromatic ring is 1. The monoisotopic (exact) mass is 391 g/mol. The van der Waals surface area contributed by atoms with Crippen molar-refractivity contribution in [2.75, 3.05) is 12.3 Å². The SMILES string of the molecule is Cc1nc(N)c2nc(C)n(CCNC(=O)c3ccc(C(F)(F)F)cc3)c2c1C. The standard InChI is InChI=1S/C19H20F3N5O/c1-10-11(2)25-17(23)15-16(10)27(12(3)26-15)9-8-24-18(28)13-4-6-14(7-5-13)19(20,21)22/h4-7H,8-9H2,1-3H3,(H2,23,25)(H,24,28). The molecule has 0 atom stereocenters. The molecule has 2 aromatic heterocycles. The Morgan fingerprint density at radius 1 is 1.14 bits per heavy atom. The largest absolute Gasteiger partial charge is 0.416 e. The van der Waals surface area contributed by atoms with Gasteiger partial charge in [0.15, 0.2) is 5.82 Å². The zero-order valence-electron chi connectivity index (χ0n) is 15.7. The molecular weight excluding hydrogens is 371 g/mol. The lowest BCUT2D eigenvalue weighted by Gasteiger charge is -2.12. The Balaban J connectivity index is 1.73. The topological polar surface area (TPSA) is 85.8 Å². The molecule has 0 fully saturated rings. The van der Waals surface area contributed by atoms with Gasteiger partial charge in [-0.15, -0.1) is 0 Å². The number of aromatic nitrogens is 3. The third-order valence-corrected chi connectivity index (χ3v) is 4.68. The van der Waals surface area contributed by atoms with Gasteiger partial charge >= 0.3 is 6.18 Å². The van der Waals surface area contributed by atoms with E-state index in [0.717, 1.165) is 46.9 Å². The van der Waals surface area contributed by atoms with Gasteiger partial charge in [-0.1, -0.05) is 0 Å². The number of nitrogens with two attached hydrogens (primary N) is 1. The summed E-state index contributed by atoms with van der Waals surface area (Å²) in [6.07, 6.45) is -4.43. The van der Waals surface area contributed by atoms with E-state index in [9.17, 15) is 18.0 Å². The minimum absolute atomic E-state index is 0.167. The van der Waals surface area contributed by atoms with Crippen LogP contribution in [0.5, 0.6) is 0 Å². The summed E-state index contributed by atoms with van der Waals surface area (Å²) >= 11 is 0. The smallest absolute Gasteiger partial charge is 0.382 e. The average molecular weight is 391 g/mol. The number of nitrogens with one attached hydrogen (secondary N) is 1. The summed E-state index contributed by atoms with van der Waals surface area (Å²) in [5, 5.41) is 2.72. The van der Waals surface area contributed by atoms with Crippen LogP contribution in [-0.4, -0.2) is 27.0 Å². The summed E-state index contributed by atoms with van der Waals surface area (Å²) in [5.41, 5.74) is 8.59. The Hall–Kier alpha value is -3.10. The Kier molecular flexibility index (Phi) is 5.01. The van der Waals surface area contributed by atoms with Gasteiger partial charge in [0.2, 0.25) is 0 Å². The van der Waals surface area contributed by atoms with Crippen molar-refractivity contribution in [2.24, 2.45) is 0 Å². The molecule has 1 aromatic carbocycles. The molecule has 6 nitrogen and oxygen atoms in total. The summed E-state index contributed by atoms with van der Waals surface area (Å²) in [4.78, 5) is 21.0. The number of hydrogen-bond acceptors (Lipinski definition) is 4. The van der Waals surface area contributed by atoms with Crippen molar-refractivity contribution in [3.63, 3.8) is 0 Å². The van der Waals surface area contributed by atoms with Crippen LogP contribution in [0.4, 0.5) is 19.0 Å². The van der Waals surface area contributed by atoms with E-state index in [1.54, 1.807) is 0 Å². The Labute approximate surface area is 159 Å². The molecule has 0 spiro atoms. The van der Waals surface area contributed by atoms with E-state index in [4.69, 9.17) is 5.73 Å². The zero-order chi connectivity index (χ0) is 20.6. The van der Waals surface area contributed by atoms with Gasteiger partial charge in [-0.2, -0.15) is 13.2 Å². The maximum absolute atomic E-state index is 12.6. The maximum Gasteiger partial charge on any atom is 0.416 e. The van der Waals surface area contributed by atoms with Gasteiger partial charge in [0.1, 0.15) is 11.3 Å². The first-order chi connectivity index (χ1) is 13.1. The van der Waals surface area contributed by atoms with Crippen LogP contribution in [0.3, 0.4) is 0 Å². The summed E-state index contributed by atoms with van der Waals surface area (Å²) in [6, 6.07) is 4.11. The molecule has 0 saturated carbocycles. The lowest BCUT2D eigenvalue weighted by molar-refractivity contribution is -0.137. The average Bonchev–Trinajstić information content (AvgIpc) is 2.96. The zero-order valence-corrected chi connectivity index (χ0v) is 15.7. The second-order valence-corrected chi connectivity index (χ2v) is 6.55. The predicted octanol–water partition coefficient (Wildman–Crippen LogP) is 3.39. The van der Waals surface area contributed by atoms with Crippen molar-refractivity contribution in [3.05, 3.63) is 52.5 Å². The number of halogens is 3. The van der Waals surface area contributed by atoms with Gasteiger partial charge < -0.3 is 15.6 Å². The number of pyridine rings is 1. The number of amides is 1. The van der Waals surface area contributed by atoms with Crippen molar-refractivity contribution in [1.82, 2.24) is 19.9 Å². The van der Waals surface area contributed by atoms with Crippen LogP contribution in [0.1, 0.15) is 33.0 Å². The van der Waals surface area contributed by atoms with Crippen molar-refractivity contribution < 1.29 is 18.0 Å². The number of benzene rings is 1. The fraction of sp³-hybridized carbons (Fsp3) is 0.316. The molecule has 0 aliphatic carbocycles. The van der Waals surface area contributed by atoms with Gasteiger partial charge in [-0.3, -0.25) is 4.79 Å². The number of carbonyl (C=O) groups excluding carboxylic acids is 1. The van der Waals surface area contributed by atoms with Gasteiger partial charge in [-0.05, 0) is 50.6 Å². The number of anilines is 1. The first-order valence-corrected chi connectivity index (χ1v) is 8.64. The molecular formula is C19H20F3N5O. The highest BCUT2D eigenvalue weighted by atomic mass is 19.4. The molecule has 28 heavy (non-hydrogen) atoms. The van der Waals surface area contributed by atoms with Crippen molar-refractivity contribution in [2.45, 2.75) is 33.5 Å². The number of hydrogen-bond donors (Lipinski definition) is 2. The number of carbonyl (C=O) groups is 1. The van der Waals surface area contributed by atoms with Crippen molar-refractivity contribution in [3.8, 4) is 0 Å². The Bertz CT molecular complexity index is 1040. The fourth-order valence-corrected chi connectivity index (χ4v) is 3.08. The van der Waals surface area contributed by atoms with E-state index in [0.29, 0.717) is 17.9 Å². The van der Waals surface area contributed by atoms with E-state index < -0.39 is 17.6 Å². The number of imidazole rings is 1. The molecule has 2 heterocycles. The molecule has 0 unspecified atom stereocenters. The first kappa shape index (κ1) is 19.7. The molecule has 9 heteroatoms. The number of fused-ring (bicyclic) bond motifs is 1. The van der Waals surface area contributed by atoms with Gasteiger partial charge in [0, 0.05) is 24.3 Å². The molecule has 0 aliphatic heterocycles. The van der Waals surface area contributed by atoms with Crippen LogP contribution >= 0.6 is 0 Å². The minimum Gasteiger partial charge on any atom is -0.382 e. The van der Waals surface area contributed by atoms with Crippen LogP contribution in [-0.2, 0) is 12.7 Å². The molecule has 1 amide bonds. The molecule has 3 rings (SSSR count). The first-order valence-electron chi connectivity index (χ1n) is 8.64. The van der Waals surface area contributed by atoms with Crippen LogP contribution < -0.4 is 11.1 Å². The maximum atomic E-state index is 12.6. The summed E-state index contributed by atoms with van der Waals surface area (Å²) in [6.45, 7) is 6.36. The fourth-order valence-electron chi connectivity index (χ4n) is 3.08. The van der Waals surface area contributed by atoms with E-state index in [1.807, 2.05) is 25.3 Å². The van der Waals surface area contributed by atoms with Gasteiger partial charge in [0.25, 0.3) is 5.91 Å². The van der Waals surface area contributed by atoms with Crippen LogP contribution in [0.2, 0.25) is 0 Å². The molecule has 0 saturated heterocycles. The quantitative estimate of drug-likeness (QED) is 0.714. The summed E-state index contributed by atoms with van der Waals surface area (Å²) < 4.78 is 39.8. The highest BCUT2D eigenvalue weighted by Gasteiger charge is 2.30. The Morgan fingerprint density at radius 3 is 2.39 bits per heavy atom. The second-order valence-electron chi connectivity index (χ2n) is 6.55. The highest BCUT2D eigenvalue weighted by Crippen LogP contribution is 2.29. The molecule has 3 N–H and O–H groups in total. The van der Waals surface area contributed by atoms with E-state index >= 15 is 0 Å². The normalized spacial score (nSPS) is 11.8. The minimum atomic E-state index is -4.43. The molecule has 0 aliphatic rings. The van der Waals surface area contributed by atoms with Gasteiger partial charge in [0.05, 0.1) is 11.1 Å². The third-order valence-electron chi connectivity index (χ3n) is 4.68. The molecule has 148 valence electrons. The molecule has 3 aromatic rings. The Morgan fingerprint density at radius 2 is 1.79 bits per heavy atom. The third kappa shape index (κ3) is 3.64. The van der Waals surface area contributed by atoms with E-state index in [2.05, 4.69) is 15.3 Å². The van der Waals surface area contributed by atoms with Gasteiger partial charge in [-0.25, -0.2) is 9.97 Å². The molecule has 0 bridgehead atoms. The van der Waals surface area contributed by atoms with Crippen molar-refractivity contribution >= 4 is 22.8 Å². The van der Waals surface area contributed by atoms with Crippen LogP contribution in [0.25, 0.3) is 11.0 Å². The number of nitrogens with zero attached hydrogens (tertiary/aromatic N) is 3. The summed E-state index contributed by atoms with van der Waals surface area (Å²) in [5.74, 6) is 0.652. The van der Waals surface area contributed by atoms with E-state index in [-0.39, 0.29) is 12.1 Å². The van der Waals surface area contributed by atoms with Crippen molar-refractivity contribution in [1.29, 1.82) is 0 Å². The summed E-state index contributed by atoms with van der Waals surface area (Å²) in [7, 11) is 0.